The Morgan fingerprint density at radius 2 is 2.11 bits per heavy atom. The summed E-state index contributed by atoms with van der Waals surface area (Å²) in [6, 6.07) is 4.88. The molecule has 1 aromatic rings. The average Bonchev–Trinajstić information content (AvgIpc) is 2.32. The van der Waals surface area contributed by atoms with Gasteiger partial charge in [0.25, 0.3) is 5.91 Å². The van der Waals surface area contributed by atoms with Gasteiger partial charge in [0.05, 0.1) is 12.9 Å². The van der Waals surface area contributed by atoms with E-state index in [0.717, 1.165) is 0 Å². The zero-order valence-electron chi connectivity index (χ0n) is 10.5. The van der Waals surface area contributed by atoms with E-state index in [-0.39, 0.29) is 24.3 Å². The molecular formula is C11H17N3O4S. The van der Waals surface area contributed by atoms with E-state index in [1.165, 1.54) is 7.11 Å². The van der Waals surface area contributed by atoms with E-state index in [1.807, 2.05) is 0 Å². The van der Waals surface area contributed by atoms with Gasteiger partial charge in [0.15, 0.2) is 0 Å². The van der Waals surface area contributed by atoms with Crippen molar-refractivity contribution in [2.24, 2.45) is 5.14 Å². The summed E-state index contributed by atoms with van der Waals surface area (Å²) in [4.78, 5) is 11.9. The molecule has 0 heterocycles. The number of methoxy groups -OCH3 is 1. The molecule has 0 atom stereocenters. The lowest BCUT2D eigenvalue weighted by atomic mass is 10.1. The van der Waals surface area contributed by atoms with E-state index in [4.69, 9.17) is 15.6 Å². The normalized spacial score (nSPS) is 11.1. The highest BCUT2D eigenvalue weighted by molar-refractivity contribution is 7.89. The van der Waals surface area contributed by atoms with E-state index in [9.17, 15) is 13.2 Å². The second-order valence-electron chi connectivity index (χ2n) is 3.90. The summed E-state index contributed by atoms with van der Waals surface area (Å²) in [6.45, 7) is 0.187. The molecule has 1 aromatic carbocycles. The number of nitrogens with one attached hydrogen (secondary N) is 1. The van der Waals surface area contributed by atoms with E-state index in [0.29, 0.717) is 11.4 Å². The van der Waals surface area contributed by atoms with Crippen molar-refractivity contribution in [2.75, 3.05) is 25.1 Å². The van der Waals surface area contributed by atoms with E-state index >= 15 is 0 Å². The first kappa shape index (κ1) is 15.3. The number of primary sulfonamides is 1. The molecule has 7 nitrogen and oxygen atoms in total. The molecule has 0 aromatic heterocycles. The van der Waals surface area contributed by atoms with Crippen LogP contribution in [-0.4, -0.2) is 33.7 Å². The number of carbonyl (C=O) groups is 1. The number of sulfonamides is 1. The molecule has 0 aliphatic rings. The van der Waals surface area contributed by atoms with Crippen LogP contribution in [0.2, 0.25) is 0 Å². The molecule has 1 amide bonds. The third-order valence-corrected chi connectivity index (χ3v) is 3.25. The van der Waals surface area contributed by atoms with Gasteiger partial charge in [-0.05, 0) is 18.6 Å². The number of anilines is 1. The topological polar surface area (TPSA) is 125 Å². The summed E-state index contributed by atoms with van der Waals surface area (Å²) in [5.41, 5.74) is 6.25. The smallest absolute Gasteiger partial charge is 0.257 e. The monoisotopic (exact) mass is 287 g/mol. The summed E-state index contributed by atoms with van der Waals surface area (Å²) in [7, 11) is -2.07. The lowest BCUT2D eigenvalue weighted by molar-refractivity contribution is 0.0951. The fourth-order valence-corrected chi connectivity index (χ4v) is 2.07. The number of nitrogen functional groups attached to an aromatic ring is 1. The first-order valence-electron chi connectivity index (χ1n) is 5.56. The molecule has 106 valence electrons. The van der Waals surface area contributed by atoms with Crippen molar-refractivity contribution >= 4 is 21.6 Å². The molecule has 0 radical (unpaired) electrons. The zero-order chi connectivity index (χ0) is 14.5. The lowest BCUT2D eigenvalue weighted by Crippen LogP contribution is -2.28. The van der Waals surface area contributed by atoms with Crippen molar-refractivity contribution < 1.29 is 17.9 Å². The largest absolute Gasteiger partial charge is 0.496 e. The summed E-state index contributed by atoms with van der Waals surface area (Å²) < 4.78 is 26.5. The highest BCUT2D eigenvalue weighted by atomic mass is 32.2. The number of carbonyl (C=O) groups excluding carboxylic acids is 1. The third-order valence-electron chi connectivity index (χ3n) is 2.40. The maximum atomic E-state index is 11.9. The Labute approximate surface area is 112 Å². The highest BCUT2D eigenvalue weighted by Crippen LogP contribution is 2.23. The van der Waals surface area contributed by atoms with Gasteiger partial charge in [0, 0.05) is 12.2 Å². The second kappa shape index (κ2) is 6.39. The van der Waals surface area contributed by atoms with E-state index < -0.39 is 15.9 Å². The van der Waals surface area contributed by atoms with Gasteiger partial charge in [-0.25, -0.2) is 13.6 Å². The van der Waals surface area contributed by atoms with Crippen molar-refractivity contribution in [1.29, 1.82) is 0 Å². The minimum Gasteiger partial charge on any atom is -0.496 e. The van der Waals surface area contributed by atoms with Crippen LogP contribution in [-0.2, 0) is 10.0 Å². The molecule has 0 unspecified atom stereocenters. The summed E-state index contributed by atoms with van der Waals surface area (Å²) in [6.07, 6.45) is 0.236. The Kier molecular flexibility index (Phi) is 5.13. The molecule has 0 saturated heterocycles. The molecule has 19 heavy (non-hydrogen) atoms. The molecule has 0 aliphatic heterocycles. The lowest BCUT2D eigenvalue weighted by Gasteiger charge is -2.11. The fourth-order valence-electron chi connectivity index (χ4n) is 1.52. The predicted octanol–water partition coefficient (Wildman–Crippen LogP) is -0.314. The number of nitrogens with two attached hydrogens (primary N) is 2. The molecule has 8 heteroatoms. The van der Waals surface area contributed by atoms with Crippen LogP contribution >= 0.6 is 0 Å². The van der Waals surface area contributed by atoms with Gasteiger partial charge in [-0.3, -0.25) is 4.79 Å². The number of rotatable bonds is 6. The Hall–Kier alpha value is -1.80. The van der Waals surface area contributed by atoms with Gasteiger partial charge in [-0.2, -0.15) is 0 Å². The maximum Gasteiger partial charge on any atom is 0.257 e. The van der Waals surface area contributed by atoms with Crippen molar-refractivity contribution in [3.05, 3.63) is 23.8 Å². The molecule has 0 fully saturated rings. The van der Waals surface area contributed by atoms with Crippen molar-refractivity contribution in [3.8, 4) is 5.75 Å². The second-order valence-corrected chi connectivity index (χ2v) is 5.63. The molecule has 0 saturated carbocycles. The zero-order valence-corrected chi connectivity index (χ0v) is 11.4. The molecular weight excluding hydrogens is 270 g/mol. The molecule has 5 N–H and O–H groups in total. The fraction of sp³-hybridized carbons (Fsp3) is 0.364. The summed E-state index contributed by atoms with van der Waals surface area (Å²) >= 11 is 0. The number of benzene rings is 1. The average molecular weight is 287 g/mol. The van der Waals surface area contributed by atoms with E-state index in [2.05, 4.69) is 5.32 Å². The van der Waals surface area contributed by atoms with Crippen LogP contribution in [0.1, 0.15) is 16.8 Å². The Bertz CT molecular complexity index is 557. The van der Waals surface area contributed by atoms with Crippen LogP contribution in [0.5, 0.6) is 5.75 Å². The van der Waals surface area contributed by atoms with Gasteiger partial charge in [-0.1, -0.05) is 6.07 Å². The van der Waals surface area contributed by atoms with Gasteiger partial charge in [0.2, 0.25) is 10.0 Å². The summed E-state index contributed by atoms with van der Waals surface area (Å²) in [5.74, 6) is -0.234. The van der Waals surface area contributed by atoms with E-state index in [1.54, 1.807) is 18.2 Å². The minimum absolute atomic E-state index is 0.186. The van der Waals surface area contributed by atoms with Crippen LogP contribution in [0.3, 0.4) is 0 Å². The van der Waals surface area contributed by atoms with Crippen LogP contribution in [0.4, 0.5) is 5.69 Å². The number of amides is 1. The first-order chi connectivity index (χ1) is 8.85. The molecule has 1 rings (SSSR count). The van der Waals surface area contributed by atoms with Crippen molar-refractivity contribution in [3.63, 3.8) is 0 Å². The van der Waals surface area contributed by atoms with Crippen molar-refractivity contribution in [2.45, 2.75) is 6.42 Å². The molecule has 0 aliphatic carbocycles. The number of hydrogen-bond acceptors (Lipinski definition) is 5. The quantitative estimate of drug-likeness (QED) is 0.489. The minimum atomic E-state index is -3.51. The van der Waals surface area contributed by atoms with Crippen LogP contribution in [0.25, 0.3) is 0 Å². The first-order valence-corrected chi connectivity index (χ1v) is 7.28. The number of ether oxygens (including phenoxy) is 1. The predicted molar refractivity (Wildman–Crippen MR) is 72.3 cm³/mol. The standard InChI is InChI=1S/C11H17N3O4S/c1-18-9-5-2-4-8(12)10(9)11(15)14-6-3-7-19(13,16)17/h2,4-5H,3,6-7,12H2,1H3,(H,14,15)(H2,13,16,17). The van der Waals surface area contributed by atoms with Gasteiger partial charge in [-0.15, -0.1) is 0 Å². The Morgan fingerprint density at radius 3 is 2.68 bits per heavy atom. The SMILES string of the molecule is COc1cccc(N)c1C(=O)NCCCS(N)(=O)=O. The molecule has 0 spiro atoms. The number of hydrogen-bond donors (Lipinski definition) is 3. The maximum absolute atomic E-state index is 11.9. The van der Waals surface area contributed by atoms with Crippen LogP contribution in [0.15, 0.2) is 18.2 Å². The third kappa shape index (κ3) is 4.76. The molecule has 0 bridgehead atoms. The highest BCUT2D eigenvalue weighted by Gasteiger charge is 2.15. The van der Waals surface area contributed by atoms with Gasteiger partial charge in [0.1, 0.15) is 11.3 Å². The van der Waals surface area contributed by atoms with Gasteiger partial charge >= 0.3 is 0 Å². The van der Waals surface area contributed by atoms with Crippen LogP contribution < -0.4 is 20.9 Å². The van der Waals surface area contributed by atoms with Gasteiger partial charge < -0.3 is 15.8 Å². The van der Waals surface area contributed by atoms with Crippen molar-refractivity contribution in [1.82, 2.24) is 5.32 Å². The van der Waals surface area contributed by atoms with Crippen LogP contribution in [0, 0.1) is 0 Å². The Morgan fingerprint density at radius 1 is 1.42 bits per heavy atom. The summed E-state index contributed by atoms with van der Waals surface area (Å²) in [5, 5.41) is 7.42. The Balaban J connectivity index is 2.64.